The Morgan fingerprint density at radius 2 is 1.55 bits per heavy atom. The maximum atomic E-state index is 6.79. The fourth-order valence-corrected chi connectivity index (χ4v) is 8.01. The van der Waals surface area contributed by atoms with Gasteiger partial charge in [-0.3, -0.25) is 0 Å². The Balaban J connectivity index is 1.64. The van der Waals surface area contributed by atoms with E-state index in [1.807, 2.05) is 41.8 Å². The number of thiazole rings is 1. The largest absolute Gasteiger partial charge is 0.375 e. The first-order valence-corrected chi connectivity index (χ1v) is 13.2. The van der Waals surface area contributed by atoms with Crippen molar-refractivity contribution < 1.29 is 4.18 Å². The lowest BCUT2D eigenvalue weighted by Crippen LogP contribution is -2.28. The molecule has 4 rings (SSSR count). The van der Waals surface area contributed by atoms with E-state index in [2.05, 4.69) is 86.1 Å². The first kappa shape index (κ1) is 23.1. The smallest absolute Gasteiger partial charge is 0.180 e. The van der Waals surface area contributed by atoms with Crippen LogP contribution in [0.1, 0.15) is 26.3 Å². The maximum absolute atomic E-state index is 6.79. The molecule has 168 valence electrons. The van der Waals surface area contributed by atoms with Crippen molar-refractivity contribution >= 4 is 26.8 Å². The van der Waals surface area contributed by atoms with Crippen LogP contribution < -0.4 is 5.73 Å². The van der Waals surface area contributed by atoms with Gasteiger partial charge in [0.15, 0.2) is 5.13 Å². The van der Waals surface area contributed by atoms with Gasteiger partial charge in [-0.05, 0) is 57.2 Å². The van der Waals surface area contributed by atoms with Crippen molar-refractivity contribution in [1.29, 1.82) is 0 Å². The van der Waals surface area contributed by atoms with Crippen molar-refractivity contribution in [3.05, 3.63) is 95.9 Å². The zero-order valence-electron chi connectivity index (χ0n) is 19.1. The summed E-state index contributed by atoms with van der Waals surface area (Å²) in [6.07, 6.45) is 0. The van der Waals surface area contributed by atoms with Crippen molar-refractivity contribution in [1.82, 2.24) is 4.98 Å². The molecule has 5 heteroatoms. The molecule has 0 radical (unpaired) electrons. The predicted octanol–water partition coefficient (Wildman–Crippen LogP) is 7.40. The molecule has 0 bridgehead atoms. The number of nitrogen functional groups attached to an aromatic ring is 1. The SMILES string of the molecule is CC(C)(C)S(OCC#Cc1cccc(-c2csc(N)n2)c1)(c1ccccc1)c1ccccc1. The average molecular weight is 473 g/mol. The van der Waals surface area contributed by atoms with Crippen molar-refractivity contribution in [2.75, 3.05) is 12.3 Å². The number of hydrogen-bond acceptors (Lipinski definition) is 4. The van der Waals surface area contributed by atoms with Crippen LogP contribution in [0.25, 0.3) is 11.3 Å². The number of rotatable bonds is 5. The summed E-state index contributed by atoms with van der Waals surface area (Å²) >= 11 is 1.44. The molecule has 1 aromatic heterocycles. The van der Waals surface area contributed by atoms with Crippen molar-refractivity contribution in [3.8, 4) is 23.1 Å². The molecule has 0 saturated heterocycles. The molecule has 0 aliphatic heterocycles. The van der Waals surface area contributed by atoms with E-state index in [0.717, 1.165) is 16.8 Å². The van der Waals surface area contributed by atoms with Gasteiger partial charge in [0.05, 0.1) is 5.69 Å². The van der Waals surface area contributed by atoms with Crippen LogP contribution in [0.4, 0.5) is 5.13 Å². The Bertz CT molecular complexity index is 1230. The number of nitrogens with zero attached hydrogens (tertiary/aromatic N) is 1. The van der Waals surface area contributed by atoms with Crippen LogP contribution >= 0.6 is 21.6 Å². The number of hydrogen-bond donors (Lipinski definition) is 1. The second kappa shape index (κ2) is 9.84. The van der Waals surface area contributed by atoms with Crippen LogP contribution in [0.3, 0.4) is 0 Å². The second-order valence-electron chi connectivity index (χ2n) is 8.51. The average Bonchev–Trinajstić information content (AvgIpc) is 3.26. The normalized spacial score (nSPS) is 12.1. The van der Waals surface area contributed by atoms with E-state index in [0.29, 0.717) is 11.7 Å². The number of aromatic nitrogens is 1. The summed E-state index contributed by atoms with van der Waals surface area (Å²) in [6, 6.07) is 29.2. The molecular weight excluding hydrogens is 444 g/mol. The van der Waals surface area contributed by atoms with Gasteiger partial charge in [0.2, 0.25) is 0 Å². The van der Waals surface area contributed by atoms with E-state index in [1.54, 1.807) is 0 Å². The van der Waals surface area contributed by atoms with Crippen molar-refractivity contribution in [2.24, 2.45) is 0 Å². The molecule has 0 aliphatic carbocycles. The summed E-state index contributed by atoms with van der Waals surface area (Å²) < 4.78 is 6.67. The molecule has 33 heavy (non-hydrogen) atoms. The lowest BCUT2D eigenvalue weighted by atomic mass is 10.1. The second-order valence-corrected chi connectivity index (χ2v) is 12.9. The fraction of sp³-hybridized carbons (Fsp3) is 0.179. The molecule has 0 fully saturated rings. The molecule has 0 atom stereocenters. The van der Waals surface area contributed by atoms with Crippen LogP contribution in [0.2, 0.25) is 0 Å². The quantitative estimate of drug-likeness (QED) is 0.308. The predicted molar refractivity (Wildman–Crippen MR) is 142 cm³/mol. The van der Waals surface area contributed by atoms with Crippen molar-refractivity contribution in [2.45, 2.75) is 35.3 Å². The highest BCUT2D eigenvalue weighted by atomic mass is 32.3. The molecule has 0 amide bonds. The van der Waals surface area contributed by atoms with Crippen LogP contribution in [0.15, 0.2) is 100 Å². The third-order valence-electron chi connectivity index (χ3n) is 5.23. The number of nitrogens with two attached hydrogens (primary N) is 1. The first-order valence-electron chi connectivity index (χ1n) is 10.8. The third kappa shape index (κ3) is 4.99. The van der Waals surface area contributed by atoms with E-state index in [4.69, 9.17) is 9.92 Å². The molecule has 0 spiro atoms. The van der Waals surface area contributed by atoms with Crippen LogP contribution in [-0.4, -0.2) is 16.3 Å². The first-order chi connectivity index (χ1) is 15.9. The molecular formula is C28H28N2OS2. The van der Waals surface area contributed by atoms with Gasteiger partial charge < -0.3 is 9.92 Å². The van der Waals surface area contributed by atoms with Gasteiger partial charge in [-0.1, -0.05) is 70.7 Å². The molecule has 4 aromatic rings. The summed E-state index contributed by atoms with van der Waals surface area (Å²) in [5, 5.41) is 2.53. The Morgan fingerprint density at radius 1 is 0.909 bits per heavy atom. The van der Waals surface area contributed by atoms with Gasteiger partial charge in [-0.15, -0.1) is 11.3 Å². The summed E-state index contributed by atoms with van der Waals surface area (Å²) in [5.74, 6) is 6.53. The van der Waals surface area contributed by atoms with E-state index < -0.39 is 10.3 Å². The van der Waals surface area contributed by atoms with E-state index >= 15 is 0 Å². The van der Waals surface area contributed by atoms with Crippen LogP contribution in [-0.2, 0) is 4.18 Å². The van der Waals surface area contributed by atoms with Gasteiger partial charge in [0.1, 0.15) is 6.61 Å². The van der Waals surface area contributed by atoms with Gasteiger partial charge in [0, 0.05) is 31.0 Å². The molecule has 0 aliphatic rings. The Hall–Kier alpha value is -3.04. The Morgan fingerprint density at radius 3 is 2.09 bits per heavy atom. The minimum absolute atomic E-state index is 0.123. The highest BCUT2D eigenvalue weighted by Gasteiger charge is 2.41. The van der Waals surface area contributed by atoms with E-state index in [-0.39, 0.29) is 4.75 Å². The highest BCUT2D eigenvalue weighted by molar-refractivity contribution is 8.31. The van der Waals surface area contributed by atoms with E-state index in [1.165, 1.54) is 21.1 Å². The molecule has 0 saturated carbocycles. The molecule has 3 aromatic carbocycles. The Labute approximate surface area is 202 Å². The van der Waals surface area contributed by atoms with Gasteiger partial charge in [-0.25, -0.2) is 4.98 Å². The molecule has 3 nitrogen and oxygen atoms in total. The summed E-state index contributed by atoms with van der Waals surface area (Å²) in [6.45, 7) is 7.08. The third-order valence-corrected chi connectivity index (χ3v) is 9.98. The van der Waals surface area contributed by atoms with E-state index in [9.17, 15) is 0 Å². The summed E-state index contributed by atoms with van der Waals surface area (Å²) in [5.41, 5.74) is 8.61. The minimum atomic E-state index is -1.80. The van der Waals surface area contributed by atoms with Crippen molar-refractivity contribution in [3.63, 3.8) is 0 Å². The summed E-state index contributed by atoms with van der Waals surface area (Å²) in [7, 11) is -1.80. The highest BCUT2D eigenvalue weighted by Crippen LogP contribution is 2.71. The standard InChI is InChI=1S/C28H28N2OS2/c1-28(2,3)33(24-15-6-4-7-16-24,25-17-8-5-9-18-25)31-19-11-13-22-12-10-14-23(20-22)26-21-32-27(29)30-26/h4-10,12,14-18,20-21H,19H2,1-3H3,(H2,29,30). The number of benzene rings is 3. The zero-order valence-corrected chi connectivity index (χ0v) is 20.7. The molecule has 2 N–H and O–H groups in total. The maximum Gasteiger partial charge on any atom is 0.180 e. The lowest BCUT2D eigenvalue weighted by molar-refractivity contribution is 0.399. The topological polar surface area (TPSA) is 48.1 Å². The van der Waals surface area contributed by atoms with Gasteiger partial charge >= 0.3 is 0 Å². The van der Waals surface area contributed by atoms with Crippen LogP contribution in [0.5, 0.6) is 0 Å². The van der Waals surface area contributed by atoms with Gasteiger partial charge in [-0.2, -0.15) is 0 Å². The summed E-state index contributed by atoms with van der Waals surface area (Å²) in [4.78, 5) is 6.78. The lowest BCUT2D eigenvalue weighted by Gasteiger charge is -2.49. The van der Waals surface area contributed by atoms with Crippen LogP contribution in [0, 0.1) is 11.8 Å². The molecule has 1 heterocycles. The zero-order chi connectivity index (χ0) is 23.3. The minimum Gasteiger partial charge on any atom is -0.375 e. The monoisotopic (exact) mass is 472 g/mol. The molecule has 0 unspecified atom stereocenters. The number of anilines is 1. The fourth-order valence-electron chi connectivity index (χ4n) is 3.81. The van der Waals surface area contributed by atoms with Gasteiger partial charge in [0.25, 0.3) is 0 Å². The Kier molecular flexibility index (Phi) is 6.90.